The van der Waals surface area contributed by atoms with Gasteiger partial charge in [-0.15, -0.1) is 11.3 Å². The number of esters is 1. The van der Waals surface area contributed by atoms with Gasteiger partial charge in [0.25, 0.3) is 0 Å². The maximum atomic E-state index is 13.8. The van der Waals surface area contributed by atoms with Crippen LogP contribution in [0.15, 0.2) is 54.6 Å². The van der Waals surface area contributed by atoms with Gasteiger partial charge in [0.15, 0.2) is 0 Å². The van der Waals surface area contributed by atoms with Gasteiger partial charge in [0.2, 0.25) is 34.8 Å². The molecule has 0 radical (unpaired) electrons. The quantitative estimate of drug-likeness (QED) is 0.0742. The Hall–Kier alpha value is -3.03. The lowest BCUT2D eigenvalue weighted by atomic mass is 10.2. The number of fused-ring (bicyclic) bond motifs is 1. The predicted molar refractivity (Wildman–Crippen MR) is 112 cm³/mol. The van der Waals surface area contributed by atoms with Crippen LogP contribution >= 0.6 is 20.1 Å². The third-order valence-electron chi connectivity index (χ3n) is 4.36. The molecule has 4 rings (SSSR count). The first-order valence-electron chi connectivity index (χ1n) is 9.06. The molecule has 0 aliphatic rings. The van der Waals surface area contributed by atoms with Crippen molar-refractivity contribution in [3.63, 3.8) is 0 Å². The molecule has 1 heterocycles. The van der Waals surface area contributed by atoms with Crippen LogP contribution in [0.4, 0.5) is 22.0 Å². The molecule has 0 aliphatic heterocycles. The largest absolute Gasteiger partial charge is 0.477 e. The summed E-state index contributed by atoms with van der Waals surface area (Å²) in [5, 5.41) is 0.668. The predicted octanol–water partition coefficient (Wildman–Crippen LogP) is 6.99. The van der Waals surface area contributed by atoms with E-state index in [1.165, 1.54) is 6.07 Å². The van der Waals surface area contributed by atoms with Crippen molar-refractivity contribution < 1.29 is 36.0 Å². The van der Waals surface area contributed by atoms with Crippen molar-refractivity contribution in [1.29, 1.82) is 0 Å². The van der Waals surface area contributed by atoms with Crippen LogP contribution in [0, 0.1) is 29.1 Å². The number of halogens is 5. The Kier molecular flexibility index (Phi) is 6.39. The van der Waals surface area contributed by atoms with Crippen LogP contribution in [-0.4, -0.2) is 5.97 Å². The highest BCUT2D eigenvalue weighted by Gasteiger charge is 2.29. The minimum atomic E-state index is -2.33. The summed E-state index contributed by atoms with van der Waals surface area (Å²) in [5.41, 5.74) is 0.934. The number of carbonyl (C=O) groups excluding carboxylic acids is 1. The second-order valence-corrected chi connectivity index (χ2v) is 8.44. The van der Waals surface area contributed by atoms with Gasteiger partial charge in [0, 0.05) is 10.9 Å². The van der Waals surface area contributed by atoms with Crippen LogP contribution in [0.1, 0.15) is 15.2 Å². The molecule has 3 nitrogen and oxygen atoms in total. The van der Waals surface area contributed by atoms with Crippen LogP contribution in [0.25, 0.3) is 10.1 Å². The SMILES string of the molecule is O=C(Oc1c(F)c(F)c(F)c(F)c1F)c1cc2cc(CPOc3ccccc3)ccc2s1. The van der Waals surface area contributed by atoms with E-state index >= 15 is 0 Å². The monoisotopic (exact) mass is 482 g/mol. The summed E-state index contributed by atoms with van der Waals surface area (Å²) in [5.74, 6) is -13.2. The zero-order valence-electron chi connectivity index (χ0n) is 15.9. The zero-order chi connectivity index (χ0) is 22.8. The summed E-state index contributed by atoms with van der Waals surface area (Å²) in [4.78, 5) is 12.3. The lowest BCUT2D eigenvalue weighted by Crippen LogP contribution is -2.12. The smallest absolute Gasteiger partial charge is 0.353 e. The van der Waals surface area contributed by atoms with Crippen molar-refractivity contribution in [1.82, 2.24) is 0 Å². The third-order valence-corrected chi connectivity index (χ3v) is 6.38. The van der Waals surface area contributed by atoms with Crippen molar-refractivity contribution in [3.8, 4) is 11.5 Å². The maximum absolute atomic E-state index is 13.8. The summed E-state index contributed by atoms with van der Waals surface area (Å²) in [6, 6.07) is 16.2. The van der Waals surface area contributed by atoms with Gasteiger partial charge in [0.1, 0.15) is 10.6 Å². The summed E-state index contributed by atoms with van der Waals surface area (Å²) in [6.07, 6.45) is 0.616. The fraction of sp³-hybridized carbons (Fsp3) is 0.0455. The van der Waals surface area contributed by atoms with E-state index in [-0.39, 0.29) is 13.7 Å². The first-order valence-corrected chi connectivity index (χ1v) is 11.0. The molecule has 0 aliphatic carbocycles. The molecule has 0 spiro atoms. The summed E-state index contributed by atoms with van der Waals surface area (Å²) in [7, 11) is 0.162. The Morgan fingerprint density at radius 1 is 0.844 bits per heavy atom. The minimum Gasteiger partial charge on any atom is -0.477 e. The van der Waals surface area contributed by atoms with Crippen LogP contribution in [0.2, 0.25) is 0 Å². The number of carbonyl (C=O) groups is 1. The molecule has 1 unspecified atom stereocenters. The van der Waals surface area contributed by atoms with E-state index in [0.717, 1.165) is 22.6 Å². The zero-order valence-corrected chi connectivity index (χ0v) is 17.7. The topological polar surface area (TPSA) is 35.5 Å². The van der Waals surface area contributed by atoms with Gasteiger partial charge in [-0.2, -0.15) is 8.78 Å². The molecule has 0 amide bonds. The van der Waals surface area contributed by atoms with E-state index < -0.39 is 40.8 Å². The van der Waals surface area contributed by atoms with Crippen LogP contribution in [-0.2, 0) is 6.16 Å². The Bertz CT molecular complexity index is 1280. The molecule has 0 bridgehead atoms. The van der Waals surface area contributed by atoms with Gasteiger partial charge in [0.05, 0.1) is 8.81 Å². The Balaban J connectivity index is 1.50. The third kappa shape index (κ3) is 4.45. The highest BCUT2D eigenvalue weighted by atomic mass is 32.1. The number of thiophene rings is 1. The minimum absolute atomic E-state index is 0.0518. The van der Waals surface area contributed by atoms with E-state index in [0.29, 0.717) is 16.2 Å². The molecule has 1 atom stereocenters. The normalized spacial score (nSPS) is 11.4. The lowest BCUT2D eigenvalue weighted by Gasteiger charge is -2.07. The van der Waals surface area contributed by atoms with E-state index in [2.05, 4.69) is 4.74 Å². The molecule has 3 aromatic carbocycles. The van der Waals surface area contributed by atoms with E-state index in [9.17, 15) is 26.7 Å². The molecule has 0 saturated heterocycles. The average molecular weight is 482 g/mol. The first kappa shape index (κ1) is 22.2. The molecular formula is C22H12F5O3PS. The molecule has 0 saturated carbocycles. The van der Waals surface area contributed by atoms with Crippen molar-refractivity contribution in [3.05, 3.63) is 94.1 Å². The van der Waals surface area contributed by atoms with Gasteiger partial charge in [-0.3, -0.25) is 0 Å². The van der Waals surface area contributed by atoms with Gasteiger partial charge < -0.3 is 9.26 Å². The maximum Gasteiger partial charge on any atom is 0.353 e. The molecule has 10 heteroatoms. The number of rotatable bonds is 6. The second-order valence-electron chi connectivity index (χ2n) is 6.51. The lowest BCUT2D eigenvalue weighted by molar-refractivity contribution is 0.0721. The highest BCUT2D eigenvalue weighted by Crippen LogP contribution is 2.33. The van der Waals surface area contributed by atoms with Crippen molar-refractivity contribution >= 4 is 36.2 Å². The van der Waals surface area contributed by atoms with E-state index in [1.807, 2.05) is 42.5 Å². The molecule has 32 heavy (non-hydrogen) atoms. The summed E-state index contributed by atoms with van der Waals surface area (Å²) < 4.78 is 78.2. The number of hydrogen-bond acceptors (Lipinski definition) is 4. The van der Waals surface area contributed by atoms with E-state index in [1.54, 1.807) is 6.07 Å². The number of ether oxygens (including phenoxy) is 1. The highest BCUT2D eigenvalue weighted by molar-refractivity contribution is 7.31. The first-order chi connectivity index (χ1) is 15.3. The molecule has 4 aromatic rings. The molecular weight excluding hydrogens is 470 g/mol. The molecule has 164 valence electrons. The van der Waals surface area contributed by atoms with Gasteiger partial charge in [-0.1, -0.05) is 24.3 Å². The molecule has 0 N–H and O–H groups in total. The summed E-state index contributed by atoms with van der Waals surface area (Å²) >= 11 is 0.967. The van der Waals surface area contributed by atoms with Gasteiger partial charge >= 0.3 is 5.97 Å². The molecule has 0 fully saturated rings. The van der Waals surface area contributed by atoms with Crippen LogP contribution in [0.5, 0.6) is 11.5 Å². The van der Waals surface area contributed by atoms with Crippen molar-refractivity contribution in [2.24, 2.45) is 0 Å². The van der Waals surface area contributed by atoms with Crippen molar-refractivity contribution in [2.45, 2.75) is 6.16 Å². The fourth-order valence-corrected chi connectivity index (χ4v) is 4.49. The average Bonchev–Trinajstić information content (AvgIpc) is 3.23. The Morgan fingerprint density at radius 2 is 1.50 bits per heavy atom. The van der Waals surface area contributed by atoms with Crippen molar-refractivity contribution in [2.75, 3.05) is 0 Å². The van der Waals surface area contributed by atoms with E-state index in [4.69, 9.17) is 4.52 Å². The van der Waals surface area contributed by atoms with Gasteiger partial charge in [-0.25, -0.2) is 18.0 Å². The standard InChI is InChI=1S/C22H12F5O3PS/c23-16-17(24)19(26)21(20(27)18(16)25)29-22(28)15-9-12-8-11(6-7-14(12)32-15)10-31-30-13-4-2-1-3-5-13/h1-9,31H,10H2. The molecule has 1 aromatic heterocycles. The van der Waals surface area contributed by atoms with Crippen LogP contribution < -0.4 is 9.26 Å². The van der Waals surface area contributed by atoms with Gasteiger partial charge in [-0.05, 0) is 41.3 Å². The Morgan fingerprint density at radius 3 is 2.19 bits per heavy atom. The number of hydrogen-bond donors (Lipinski definition) is 0. The Labute approximate surface area is 184 Å². The number of benzene rings is 3. The van der Waals surface area contributed by atoms with Crippen LogP contribution in [0.3, 0.4) is 0 Å². The fourth-order valence-electron chi connectivity index (χ4n) is 2.81. The number of para-hydroxylation sites is 1. The second kappa shape index (κ2) is 9.22. The summed E-state index contributed by atoms with van der Waals surface area (Å²) in [6.45, 7) is 0.